The van der Waals surface area contributed by atoms with E-state index in [0.29, 0.717) is 5.82 Å². The molecule has 2 rings (SSSR count). The first-order valence-electron chi connectivity index (χ1n) is 5.02. The van der Waals surface area contributed by atoms with Crippen LogP contribution in [0.2, 0.25) is 5.15 Å². The van der Waals surface area contributed by atoms with Gasteiger partial charge in [0.2, 0.25) is 5.91 Å². The molecule has 0 aromatic carbocycles. The van der Waals surface area contributed by atoms with Crippen LogP contribution in [0.15, 0.2) is 12.1 Å². The van der Waals surface area contributed by atoms with E-state index < -0.39 is 5.54 Å². The van der Waals surface area contributed by atoms with Crippen molar-refractivity contribution in [3.05, 3.63) is 17.3 Å². The molecule has 0 saturated carbocycles. The lowest BCUT2D eigenvalue weighted by atomic mass is 9.99. The van der Waals surface area contributed by atoms with Crippen LogP contribution in [0.25, 0.3) is 0 Å². The minimum Gasteiger partial charge on any atom is -0.332 e. The Balaban J connectivity index is 2.38. The first kappa shape index (κ1) is 11.8. The van der Waals surface area contributed by atoms with Gasteiger partial charge in [0.25, 0.3) is 5.91 Å². The van der Waals surface area contributed by atoms with E-state index in [1.165, 1.54) is 0 Å². The largest absolute Gasteiger partial charge is 0.332 e. The number of amides is 2. The molecule has 90 valence electrons. The van der Waals surface area contributed by atoms with Gasteiger partial charge in [-0.1, -0.05) is 11.6 Å². The molecule has 1 fully saturated rings. The zero-order chi connectivity index (χ0) is 12.6. The highest BCUT2D eigenvalue weighted by Crippen LogP contribution is 2.24. The van der Waals surface area contributed by atoms with E-state index in [9.17, 15) is 9.59 Å². The monoisotopic (exact) mass is 254 g/mol. The van der Waals surface area contributed by atoms with Gasteiger partial charge in [-0.3, -0.25) is 14.9 Å². The first-order chi connectivity index (χ1) is 7.91. The van der Waals surface area contributed by atoms with E-state index in [4.69, 9.17) is 11.6 Å². The Morgan fingerprint density at radius 1 is 1.35 bits per heavy atom. The lowest BCUT2D eigenvalue weighted by Crippen LogP contribution is -2.64. The van der Waals surface area contributed by atoms with Crippen LogP contribution in [0, 0.1) is 0 Å². The van der Waals surface area contributed by atoms with Gasteiger partial charge in [0, 0.05) is 0 Å². The fraction of sp³-hybridized carbons (Fsp3) is 0.400. The fourth-order valence-electron chi connectivity index (χ4n) is 1.60. The van der Waals surface area contributed by atoms with Crippen molar-refractivity contribution in [1.29, 1.82) is 0 Å². The van der Waals surface area contributed by atoms with E-state index in [2.05, 4.69) is 15.5 Å². The van der Waals surface area contributed by atoms with Crippen LogP contribution < -0.4 is 10.2 Å². The number of piperazine rings is 1. The van der Waals surface area contributed by atoms with Crippen molar-refractivity contribution in [2.24, 2.45) is 0 Å². The average Bonchev–Trinajstić information content (AvgIpc) is 2.25. The van der Waals surface area contributed by atoms with Gasteiger partial charge in [-0.15, -0.1) is 10.2 Å². The number of hydrogen-bond acceptors (Lipinski definition) is 5. The zero-order valence-corrected chi connectivity index (χ0v) is 10.2. The minimum absolute atomic E-state index is 0.0645. The highest BCUT2D eigenvalue weighted by molar-refractivity contribution is 6.29. The molecule has 0 aliphatic carbocycles. The standard InChI is InChI=1S/C10H11ClN4O2/c1-10(2)9(17)12-8(16)5-15(10)7-4-3-6(11)13-14-7/h3-4H,5H2,1-2H3,(H,12,16,17). The Hall–Kier alpha value is -1.69. The number of nitrogens with one attached hydrogen (secondary N) is 1. The number of imide groups is 1. The van der Waals surface area contributed by atoms with Gasteiger partial charge in [0.1, 0.15) is 5.54 Å². The molecule has 2 amide bonds. The maximum atomic E-state index is 11.7. The lowest BCUT2D eigenvalue weighted by Gasteiger charge is -2.40. The molecule has 1 saturated heterocycles. The molecule has 1 aromatic heterocycles. The Bertz CT molecular complexity index is 472. The topological polar surface area (TPSA) is 75.2 Å². The molecule has 7 heteroatoms. The second-order valence-electron chi connectivity index (χ2n) is 4.24. The van der Waals surface area contributed by atoms with Crippen molar-refractivity contribution in [2.75, 3.05) is 11.4 Å². The van der Waals surface area contributed by atoms with Gasteiger partial charge in [-0.05, 0) is 26.0 Å². The highest BCUT2D eigenvalue weighted by Gasteiger charge is 2.41. The van der Waals surface area contributed by atoms with Crippen LogP contribution in [0.4, 0.5) is 5.82 Å². The summed E-state index contributed by atoms with van der Waals surface area (Å²) >= 11 is 5.64. The quantitative estimate of drug-likeness (QED) is 0.733. The van der Waals surface area contributed by atoms with Crippen molar-refractivity contribution < 1.29 is 9.59 Å². The molecule has 17 heavy (non-hydrogen) atoms. The zero-order valence-electron chi connectivity index (χ0n) is 9.40. The van der Waals surface area contributed by atoms with Crippen molar-refractivity contribution in [3.63, 3.8) is 0 Å². The second-order valence-corrected chi connectivity index (χ2v) is 4.62. The lowest BCUT2D eigenvalue weighted by molar-refractivity contribution is -0.135. The molecule has 0 atom stereocenters. The SMILES string of the molecule is CC1(C)C(=O)NC(=O)CN1c1ccc(Cl)nn1. The third-order valence-electron chi connectivity index (χ3n) is 2.68. The minimum atomic E-state index is -0.851. The predicted molar refractivity (Wildman–Crippen MR) is 61.6 cm³/mol. The maximum Gasteiger partial charge on any atom is 0.251 e. The molecule has 1 aliphatic rings. The first-order valence-corrected chi connectivity index (χ1v) is 5.40. The number of aromatic nitrogens is 2. The summed E-state index contributed by atoms with van der Waals surface area (Å²) in [5.41, 5.74) is -0.851. The Kier molecular flexibility index (Phi) is 2.74. The van der Waals surface area contributed by atoms with Gasteiger partial charge in [0.15, 0.2) is 11.0 Å². The Morgan fingerprint density at radius 3 is 2.65 bits per heavy atom. The number of rotatable bonds is 1. The van der Waals surface area contributed by atoms with Crippen LogP contribution in [0.1, 0.15) is 13.8 Å². The van der Waals surface area contributed by atoms with Crippen LogP contribution in [0.5, 0.6) is 0 Å². The highest BCUT2D eigenvalue weighted by atomic mass is 35.5. The third kappa shape index (κ3) is 2.08. The number of halogens is 1. The van der Waals surface area contributed by atoms with E-state index in [1.807, 2.05) is 0 Å². The molecule has 6 nitrogen and oxygen atoms in total. The summed E-state index contributed by atoms with van der Waals surface area (Å²) in [6, 6.07) is 3.19. The van der Waals surface area contributed by atoms with Crippen LogP contribution in [0.3, 0.4) is 0 Å². The maximum absolute atomic E-state index is 11.7. The molecule has 1 N–H and O–H groups in total. The summed E-state index contributed by atoms with van der Waals surface area (Å²) in [5.74, 6) is -0.265. The number of nitrogens with zero attached hydrogens (tertiary/aromatic N) is 3. The normalized spacial score (nSPS) is 19.1. The summed E-state index contributed by atoms with van der Waals surface area (Å²) < 4.78 is 0. The van der Waals surface area contributed by atoms with E-state index in [0.717, 1.165) is 0 Å². The summed E-state index contributed by atoms with van der Waals surface area (Å²) in [5, 5.41) is 10.1. The van der Waals surface area contributed by atoms with E-state index in [-0.39, 0.29) is 23.5 Å². The fourth-order valence-corrected chi connectivity index (χ4v) is 1.70. The Morgan fingerprint density at radius 2 is 2.06 bits per heavy atom. The molecule has 0 spiro atoms. The molecule has 0 radical (unpaired) electrons. The van der Waals surface area contributed by atoms with Crippen molar-refractivity contribution in [1.82, 2.24) is 15.5 Å². The Labute approximate surface area is 103 Å². The number of hydrogen-bond donors (Lipinski definition) is 1. The van der Waals surface area contributed by atoms with E-state index >= 15 is 0 Å². The van der Waals surface area contributed by atoms with Crippen LogP contribution in [-0.4, -0.2) is 34.1 Å². The van der Waals surface area contributed by atoms with Crippen LogP contribution in [-0.2, 0) is 9.59 Å². The molecular formula is C10H11ClN4O2. The van der Waals surface area contributed by atoms with Crippen molar-refractivity contribution in [2.45, 2.75) is 19.4 Å². The van der Waals surface area contributed by atoms with E-state index in [1.54, 1.807) is 30.9 Å². The number of carbonyl (C=O) groups is 2. The summed E-state index contributed by atoms with van der Waals surface area (Å²) in [7, 11) is 0. The van der Waals surface area contributed by atoms with Gasteiger partial charge in [0.05, 0.1) is 6.54 Å². The summed E-state index contributed by atoms with van der Waals surface area (Å²) in [4.78, 5) is 24.7. The smallest absolute Gasteiger partial charge is 0.251 e. The molecule has 1 aliphatic heterocycles. The van der Waals surface area contributed by atoms with Gasteiger partial charge < -0.3 is 4.90 Å². The molecule has 2 heterocycles. The summed E-state index contributed by atoms with van der Waals surface area (Å²) in [6.45, 7) is 3.49. The van der Waals surface area contributed by atoms with Gasteiger partial charge >= 0.3 is 0 Å². The van der Waals surface area contributed by atoms with Gasteiger partial charge in [-0.25, -0.2) is 0 Å². The summed E-state index contributed by atoms with van der Waals surface area (Å²) in [6.07, 6.45) is 0. The van der Waals surface area contributed by atoms with Gasteiger partial charge in [-0.2, -0.15) is 0 Å². The van der Waals surface area contributed by atoms with Crippen molar-refractivity contribution in [3.8, 4) is 0 Å². The second kappa shape index (κ2) is 3.96. The average molecular weight is 255 g/mol. The third-order valence-corrected chi connectivity index (χ3v) is 2.88. The molecular weight excluding hydrogens is 244 g/mol. The predicted octanol–water partition coefficient (Wildman–Crippen LogP) is 0.371. The van der Waals surface area contributed by atoms with Crippen LogP contribution >= 0.6 is 11.6 Å². The molecule has 1 aromatic rings. The number of anilines is 1. The van der Waals surface area contributed by atoms with Crippen molar-refractivity contribution >= 4 is 29.2 Å². The molecule has 0 unspecified atom stereocenters. The number of carbonyl (C=O) groups excluding carboxylic acids is 2. The molecule has 0 bridgehead atoms.